The first-order valence-electron chi connectivity index (χ1n) is 6.75. The number of fused-ring (bicyclic) bond motifs is 1. The Labute approximate surface area is 128 Å². The highest BCUT2D eigenvalue weighted by Crippen LogP contribution is 2.21. The van der Waals surface area contributed by atoms with Crippen LogP contribution in [0.2, 0.25) is 0 Å². The van der Waals surface area contributed by atoms with Crippen molar-refractivity contribution in [3.8, 4) is 5.69 Å². The number of esters is 1. The van der Waals surface area contributed by atoms with Gasteiger partial charge in [0.05, 0.1) is 12.8 Å². The smallest absolute Gasteiger partial charge is 0.343 e. The van der Waals surface area contributed by atoms with E-state index in [0.29, 0.717) is 5.39 Å². The minimum Gasteiger partial charge on any atom is -0.462 e. The second kappa shape index (κ2) is 5.64. The Kier molecular flexibility index (Phi) is 3.65. The molecule has 8 heteroatoms. The Bertz CT molecular complexity index is 942. The van der Waals surface area contributed by atoms with E-state index in [0.717, 1.165) is 16.8 Å². The highest BCUT2D eigenvalue weighted by Gasteiger charge is 2.18. The molecule has 0 amide bonds. The van der Waals surface area contributed by atoms with E-state index in [9.17, 15) is 18.4 Å². The van der Waals surface area contributed by atoms with Gasteiger partial charge in [0.2, 0.25) is 0 Å². The first-order chi connectivity index (χ1) is 11.0. The number of hydrogen-bond donors (Lipinski definition) is 1. The molecule has 0 radical (unpaired) electrons. The highest BCUT2D eigenvalue weighted by atomic mass is 19.1. The standard InChI is InChI=1S/C15H11F2N3O3/c1-2-23-15(22)9-6-8-7-18-20(13(8)19-14(9)21)12-10(16)4-3-5-11(12)17/h3-7H,2H2,1H3,(H,19,21). The lowest BCUT2D eigenvalue weighted by molar-refractivity contribution is 0.0524. The first kappa shape index (κ1) is 14.9. The van der Waals surface area contributed by atoms with Crippen molar-refractivity contribution in [2.45, 2.75) is 6.92 Å². The fraction of sp³-hybridized carbons (Fsp3) is 0.133. The topological polar surface area (TPSA) is 77.0 Å². The van der Waals surface area contributed by atoms with E-state index in [1.54, 1.807) is 6.92 Å². The number of pyridine rings is 1. The molecule has 0 fully saturated rings. The lowest BCUT2D eigenvalue weighted by Gasteiger charge is -2.06. The van der Waals surface area contributed by atoms with Crippen LogP contribution in [0.4, 0.5) is 8.78 Å². The van der Waals surface area contributed by atoms with Crippen molar-refractivity contribution in [2.24, 2.45) is 0 Å². The molecule has 0 aliphatic heterocycles. The number of halogens is 2. The van der Waals surface area contributed by atoms with Crippen LogP contribution in [0, 0.1) is 11.6 Å². The third-order valence-electron chi connectivity index (χ3n) is 3.22. The van der Waals surface area contributed by atoms with Gasteiger partial charge in [-0.25, -0.2) is 18.3 Å². The van der Waals surface area contributed by atoms with Crippen LogP contribution in [0.1, 0.15) is 17.3 Å². The van der Waals surface area contributed by atoms with Crippen molar-refractivity contribution in [1.82, 2.24) is 14.8 Å². The zero-order valence-corrected chi connectivity index (χ0v) is 12.0. The number of carbonyl (C=O) groups is 1. The van der Waals surface area contributed by atoms with Crippen molar-refractivity contribution in [2.75, 3.05) is 6.61 Å². The molecule has 0 saturated carbocycles. The van der Waals surface area contributed by atoms with Crippen LogP contribution in [0.5, 0.6) is 0 Å². The molecule has 1 N–H and O–H groups in total. The van der Waals surface area contributed by atoms with Crippen LogP contribution in [0.25, 0.3) is 16.7 Å². The van der Waals surface area contributed by atoms with Crippen molar-refractivity contribution < 1.29 is 18.3 Å². The molecule has 0 aliphatic carbocycles. The zero-order chi connectivity index (χ0) is 16.6. The number of H-pyrrole nitrogens is 1. The molecule has 2 heterocycles. The van der Waals surface area contributed by atoms with Crippen LogP contribution in [0.3, 0.4) is 0 Å². The third kappa shape index (κ3) is 2.48. The maximum Gasteiger partial charge on any atom is 0.343 e. The van der Waals surface area contributed by atoms with Crippen LogP contribution in [-0.4, -0.2) is 27.3 Å². The summed E-state index contributed by atoms with van der Waals surface area (Å²) < 4.78 is 33.5. The number of benzene rings is 1. The molecule has 1 aromatic carbocycles. The molecule has 3 aromatic rings. The van der Waals surface area contributed by atoms with Crippen molar-refractivity contribution in [1.29, 1.82) is 0 Å². The largest absolute Gasteiger partial charge is 0.462 e. The zero-order valence-electron chi connectivity index (χ0n) is 12.0. The summed E-state index contributed by atoms with van der Waals surface area (Å²) in [5, 5.41) is 4.23. The van der Waals surface area contributed by atoms with Crippen LogP contribution in [-0.2, 0) is 4.74 Å². The van der Waals surface area contributed by atoms with E-state index in [-0.39, 0.29) is 17.8 Å². The number of rotatable bonds is 3. The molecule has 0 unspecified atom stereocenters. The van der Waals surface area contributed by atoms with E-state index in [1.165, 1.54) is 18.3 Å². The second-order valence-corrected chi connectivity index (χ2v) is 4.66. The molecule has 0 spiro atoms. The number of hydrogen-bond acceptors (Lipinski definition) is 4. The van der Waals surface area contributed by atoms with Crippen LogP contribution in [0.15, 0.2) is 35.3 Å². The quantitative estimate of drug-likeness (QED) is 0.751. The van der Waals surface area contributed by atoms with E-state index < -0.39 is 28.9 Å². The third-order valence-corrected chi connectivity index (χ3v) is 3.22. The van der Waals surface area contributed by atoms with E-state index in [4.69, 9.17) is 4.74 Å². The minimum atomic E-state index is -0.828. The van der Waals surface area contributed by atoms with Gasteiger partial charge >= 0.3 is 5.97 Å². The monoisotopic (exact) mass is 319 g/mol. The van der Waals surface area contributed by atoms with Crippen molar-refractivity contribution in [3.63, 3.8) is 0 Å². The maximum atomic E-state index is 13.9. The fourth-order valence-electron chi connectivity index (χ4n) is 2.21. The predicted octanol–water partition coefficient (Wildman–Crippen LogP) is 2.17. The Morgan fingerprint density at radius 2 is 2.04 bits per heavy atom. The number of para-hydroxylation sites is 1. The maximum absolute atomic E-state index is 13.9. The summed E-state index contributed by atoms with van der Waals surface area (Å²) in [6.07, 6.45) is 1.29. The van der Waals surface area contributed by atoms with E-state index in [1.807, 2.05) is 0 Å². The molecule has 23 heavy (non-hydrogen) atoms. The molecule has 118 valence electrons. The number of aromatic amines is 1. The number of carbonyl (C=O) groups excluding carboxylic acids is 1. The molecule has 0 aliphatic rings. The van der Waals surface area contributed by atoms with Crippen molar-refractivity contribution >= 4 is 17.0 Å². The van der Waals surface area contributed by atoms with Gasteiger partial charge in [0.25, 0.3) is 5.56 Å². The van der Waals surface area contributed by atoms with Crippen molar-refractivity contribution in [3.05, 3.63) is 58.0 Å². The lowest BCUT2D eigenvalue weighted by atomic mass is 10.2. The average Bonchev–Trinajstić information content (AvgIpc) is 2.89. The minimum absolute atomic E-state index is 0.0760. The second-order valence-electron chi connectivity index (χ2n) is 4.66. The summed E-state index contributed by atoms with van der Waals surface area (Å²) >= 11 is 0. The number of ether oxygens (including phenoxy) is 1. The van der Waals surface area contributed by atoms with Gasteiger partial charge < -0.3 is 9.72 Å². The summed E-state index contributed by atoms with van der Waals surface area (Å²) in [7, 11) is 0. The number of aromatic nitrogens is 3. The predicted molar refractivity (Wildman–Crippen MR) is 77.6 cm³/mol. The van der Waals surface area contributed by atoms with Gasteiger partial charge in [0.15, 0.2) is 11.6 Å². The van der Waals surface area contributed by atoms with Gasteiger partial charge in [-0.05, 0) is 25.1 Å². The Balaban J connectivity index is 2.21. The molecular weight excluding hydrogens is 308 g/mol. The normalized spacial score (nSPS) is 10.9. The molecule has 2 aromatic heterocycles. The fourth-order valence-corrected chi connectivity index (χ4v) is 2.21. The molecule has 0 bridgehead atoms. The lowest BCUT2D eigenvalue weighted by Crippen LogP contribution is -2.20. The molecular formula is C15H11F2N3O3. The first-order valence-corrected chi connectivity index (χ1v) is 6.75. The summed E-state index contributed by atoms with van der Waals surface area (Å²) in [6.45, 7) is 1.74. The molecule has 6 nitrogen and oxygen atoms in total. The van der Waals surface area contributed by atoms with E-state index >= 15 is 0 Å². The van der Waals surface area contributed by atoms with Crippen LogP contribution >= 0.6 is 0 Å². The van der Waals surface area contributed by atoms with E-state index in [2.05, 4.69) is 10.1 Å². The molecule has 0 atom stereocenters. The Hall–Kier alpha value is -3.03. The van der Waals surface area contributed by atoms with Gasteiger partial charge in [0.1, 0.15) is 16.9 Å². The average molecular weight is 319 g/mol. The Morgan fingerprint density at radius 3 is 2.70 bits per heavy atom. The number of nitrogens with one attached hydrogen (secondary N) is 1. The summed E-state index contributed by atoms with van der Waals surface area (Å²) in [5.41, 5.74) is -1.27. The van der Waals surface area contributed by atoms with Gasteiger partial charge in [-0.3, -0.25) is 4.79 Å². The highest BCUT2D eigenvalue weighted by molar-refractivity contribution is 5.93. The summed E-state index contributed by atoms with van der Waals surface area (Å²) in [4.78, 5) is 26.1. The molecule has 3 rings (SSSR count). The summed E-state index contributed by atoms with van der Waals surface area (Å²) in [6, 6.07) is 4.66. The van der Waals surface area contributed by atoms with Gasteiger partial charge in [-0.15, -0.1) is 0 Å². The van der Waals surface area contributed by atoms with Gasteiger partial charge in [0, 0.05) is 5.39 Å². The summed E-state index contributed by atoms with van der Waals surface area (Å²) in [5.74, 6) is -2.43. The Morgan fingerprint density at radius 1 is 1.35 bits per heavy atom. The van der Waals surface area contributed by atoms with Gasteiger partial charge in [-0.2, -0.15) is 5.10 Å². The SMILES string of the molecule is CCOC(=O)c1cc2cnn(-c3c(F)cccc3F)c2[nH]c1=O. The number of nitrogens with zero attached hydrogens (tertiary/aromatic N) is 2. The molecule has 0 saturated heterocycles. The van der Waals surface area contributed by atoms with Crippen LogP contribution < -0.4 is 5.56 Å². The van der Waals surface area contributed by atoms with Gasteiger partial charge in [-0.1, -0.05) is 6.07 Å².